The molecule has 6 nitrogen and oxygen atoms in total. The molecule has 14 heavy (non-hydrogen) atoms. The highest BCUT2D eigenvalue weighted by atomic mass is 16.5. The summed E-state index contributed by atoms with van der Waals surface area (Å²) in [6.45, 7) is 1.95. The standard InChI is InChI=1S/C8H10N2O4/c1-4-2-3-5(13-4)6-9-10-7(14-6)8(11)12/h4-5H,2-3H2,1H3,(H,11,12). The summed E-state index contributed by atoms with van der Waals surface area (Å²) in [6.07, 6.45) is 1.64. The molecule has 2 atom stereocenters. The largest absolute Gasteiger partial charge is 0.474 e. The lowest BCUT2D eigenvalue weighted by molar-refractivity contribution is 0.0372. The molecule has 1 N–H and O–H groups in total. The Morgan fingerprint density at radius 2 is 2.29 bits per heavy atom. The number of nitrogens with zero attached hydrogens (tertiary/aromatic N) is 2. The van der Waals surface area contributed by atoms with Gasteiger partial charge in [-0.05, 0) is 19.8 Å². The normalized spacial score (nSPS) is 26.6. The van der Waals surface area contributed by atoms with E-state index in [1.54, 1.807) is 0 Å². The van der Waals surface area contributed by atoms with Gasteiger partial charge in [0.15, 0.2) is 0 Å². The minimum absolute atomic E-state index is 0.167. The van der Waals surface area contributed by atoms with Crippen LogP contribution in [0.3, 0.4) is 0 Å². The minimum atomic E-state index is -1.21. The van der Waals surface area contributed by atoms with Gasteiger partial charge in [-0.1, -0.05) is 0 Å². The molecular formula is C8H10N2O4. The lowest BCUT2D eigenvalue weighted by Crippen LogP contribution is -2.01. The lowest BCUT2D eigenvalue weighted by atomic mass is 10.2. The Kier molecular flexibility index (Phi) is 2.20. The van der Waals surface area contributed by atoms with Crippen LogP contribution in [0.25, 0.3) is 0 Å². The molecule has 2 unspecified atom stereocenters. The first kappa shape index (κ1) is 9.14. The van der Waals surface area contributed by atoms with Gasteiger partial charge in [-0.25, -0.2) is 4.79 Å². The van der Waals surface area contributed by atoms with Crippen LogP contribution in [0.15, 0.2) is 4.42 Å². The van der Waals surface area contributed by atoms with E-state index >= 15 is 0 Å². The highest BCUT2D eigenvalue weighted by Gasteiger charge is 2.28. The first-order valence-electron chi connectivity index (χ1n) is 4.39. The summed E-state index contributed by atoms with van der Waals surface area (Å²) in [5.41, 5.74) is 0. The Balaban J connectivity index is 2.13. The van der Waals surface area contributed by atoms with Crippen LogP contribution in [0.1, 0.15) is 42.4 Å². The lowest BCUT2D eigenvalue weighted by Gasteiger charge is -2.04. The molecule has 1 fully saturated rings. The highest BCUT2D eigenvalue weighted by molar-refractivity contribution is 5.81. The molecule has 0 amide bonds. The van der Waals surface area contributed by atoms with Crippen molar-refractivity contribution in [3.63, 3.8) is 0 Å². The predicted octanol–water partition coefficient (Wildman–Crippen LogP) is 1.01. The molecule has 0 saturated carbocycles. The summed E-state index contributed by atoms with van der Waals surface area (Å²) in [5, 5.41) is 15.6. The fraction of sp³-hybridized carbons (Fsp3) is 0.625. The van der Waals surface area contributed by atoms with Crippen molar-refractivity contribution in [1.82, 2.24) is 10.2 Å². The fourth-order valence-electron chi connectivity index (χ4n) is 1.44. The summed E-state index contributed by atoms with van der Waals surface area (Å²) in [7, 11) is 0. The molecule has 2 heterocycles. The summed E-state index contributed by atoms with van der Waals surface area (Å²) >= 11 is 0. The molecule has 0 bridgehead atoms. The van der Waals surface area contributed by atoms with Crippen LogP contribution in [-0.2, 0) is 4.74 Å². The predicted molar refractivity (Wildman–Crippen MR) is 43.8 cm³/mol. The zero-order valence-electron chi connectivity index (χ0n) is 7.64. The van der Waals surface area contributed by atoms with E-state index < -0.39 is 5.97 Å². The maximum Gasteiger partial charge on any atom is 0.393 e. The number of aromatic nitrogens is 2. The van der Waals surface area contributed by atoms with Crippen molar-refractivity contribution >= 4 is 5.97 Å². The summed E-state index contributed by atoms with van der Waals surface area (Å²) < 4.78 is 10.4. The number of hydrogen-bond donors (Lipinski definition) is 1. The van der Waals surface area contributed by atoms with Crippen molar-refractivity contribution < 1.29 is 19.1 Å². The second-order valence-electron chi connectivity index (χ2n) is 3.26. The van der Waals surface area contributed by atoms with Crippen molar-refractivity contribution in [3.8, 4) is 0 Å². The number of ether oxygens (including phenoxy) is 1. The van der Waals surface area contributed by atoms with E-state index in [1.165, 1.54) is 0 Å². The first-order valence-corrected chi connectivity index (χ1v) is 4.39. The molecular weight excluding hydrogens is 188 g/mol. The van der Waals surface area contributed by atoms with E-state index in [4.69, 9.17) is 14.3 Å². The number of carboxylic acids is 1. The maximum atomic E-state index is 10.5. The van der Waals surface area contributed by atoms with Crippen molar-refractivity contribution in [1.29, 1.82) is 0 Å². The Morgan fingerprint density at radius 1 is 1.50 bits per heavy atom. The van der Waals surface area contributed by atoms with E-state index in [2.05, 4.69) is 10.2 Å². The number of aromatic carboxylic acids is 1. The summed E-state index contributed by atoms with van der Waals surface area (Å²) in [4.78, 5) is 10.5. The van der Waals surface area contributed by atoms with E-state index in [0.717, 1.165) is 12.8 Å². The average Bonchev–Trinajstić information content (AvgIpc) is 2.70. The molecule has 1 aliphatic heterocycles. The summed E-state index contributed by atoms with van der Waals surface area (Å²) in [6, 6.07) is 0. The third-order valence-corrected chi connectivity index (χ3v) is 2.13. The zero-order chi connectivity index (χ0) is 10.1. The van der Waals surface area contributed by atoms with Gasteiger partial charge in [0, 0.05) is 0 Å². The number of carbonyl (C=O) groups is 1. The molecule has 0 radical (unpaired) electrons. The second-order valence-corrected chi connectivity index (χ2v) is 3.26. The molecule has 6 heteroatoms. The average molecular weight is 198 g/mol. The number of hydrogen-bond acceptors (Lipinski definition) is 5. The van der Waals surface area contributed by atoms with Crippen LogP contribution < -0.4 is 0 Å². The fourth-order valence-corrected chi connectivity index (χ4v) is 1.44. The van der Waals surface area contributed by atoms with Gasteiger partial charge in [0.05, 0.1) is 6.10 Å². The molecule has 76 valence electrons. The van der Waals surface area contributed by atoms with Gasteiger partial charge in [-0.3, -0.25) is 0 Å². The van der Waals surface area contributed by atoms with Crippen LogP contribution in [-0.4, -0.2) is 27.4 Å². The monoisotopic (exact) mass is 198 g/mol. The molecule has 1 aliphatic rings. The van der Waals surface area contributed by atoms with E-state index in [0.29, 0.717) is 0 Å². The second kappa shape index (κ2) is 3.38. The third-order valence-electron chi connectivity index (χ3n) is 2.13. The topological polar surface area (TPSA) is 85.5 Å². The van der Waals surface area contributed by atoms with Crippen molar-refractivity contribution in [2.24, 2.45) is 0 Å². The van der Waals surface area contributed by atoms with Gasteiger partial charge in [0.1, 0.15) is 6.10 Å². The van der Waals surface area contributed by atoms with Gasteiger partial charge in [-0.15, -0.1) is 10.2 Å². The minimum Gasteiger partial charge on any atom is -0.474 e. The SMILES string of the molecule is CC1CCC(c2nnc(C(=O)O)o2)O1. The van der Waals surface area contributed by atoms with Crippen molar-refractivity contribution in [2.45, 2.75) is 32.0 Å². The molecule has 0 spiro atoms. The van der Waals surface area contributed by atoms with Gasteiger partial charge in [-0.2, -0.15) is 0 Å². The van der Waals surface area contributed by atoms with E-state index in [1.807, 2.05) is 6.92 Å². The van der Waals surface area contributed by atoms with Crippen molar-refractivity contribution in [2.75, 3.05) is 0 Å². The van der Waals surface area contributed by atoms with Gasteiger partial charge in [0.25, 0.3) is 0 Å². The van der Waals surface area contributed by atoms with Gasteiger partial charge in [0.2, 0.25) is 5.89 Å². The molecule has 1 aromatic rings. The number of carboxylic acid groups (broad SMARTS) is 1. The highest BCUT2D eigenvalue weighted by Crippen LogP contribution is 2.31. The summed E-state index contributed by atoms with van der Waals surface area (Å²) in [5.74, 6) is -1.34. The Hall–Kier alpha value is -1.43. The van der Waals surface area contributed by atoms with E-state index in [9.17, 15) is 4.79 Å². The molecule has 1 saturated heterocycles. The van der Waals surface area contributed by atoms with Crippen molar-refractivity contribution in [3.05, 3.63) is 11.8 Å². The quantitative estimate of drug-likeness (QED) is 0.763. The number of rotatable bonds is 2. The molecule has 0 aromatic carbocycles. The maximum absolute atomic E-state index is 10.5. The molecule has 1 aromatic heterocycles. The Morgan fingerprint density at radius 3 is 2.79 bits per heavy atom. The van der Waals surface area contributed by atoms with Crippen LogP contribution >= 0.6 is 0 Å². The van der Waals surface area contributed by atoms with Crippen LogP contribution in [0.2, 0.25) is 0 Å². The molecule has 0 aliphatic carbocycles. The van der Waals surface area contributed by atoms with Crippen LogP contribution in [0.4, 0.5) is 0 Å². The Labute approximate surface area is 79.9 Å². The van der Waals surface area contributed by atoms with E-state index in [-0.39, 0.29) is 24.0 Å². The van der Waals surface area contributed by atoms with Gasteiger partial charge >= 0.3 is 11.9 Å². The molecule has 2 rings (SSSR count). The third kappa shape index (κ3) is 1.60. The zero-order valence-corrected chi connectivity index (χ0v) is 7.64. The van der Waals surface area contributed by atoms with Crippen LogP contribution in [0.5, 0.6) is 0 Å². The smallest absolute Gasteiger partial charge is 0.393 e. The first-order chi connectivity index (χ1) is 6.66. The Bertz CT molecular complexity index is 349. The van der Waals surface area contributed by atoms with Gasteiger partial charge < -0.3 is 14.3 Å². The van der Waals surface area contributed by atoms with Crippen LogP contribution in [0, 0.1) is 0 Å².